The molecule has 1 aliphatic rings. The van der Waals surface area contributed by atoms with E-state index in [1.54, 1.807) is 7.05 Å². The maximum absolute atomic E-state index is 14.8. The Hall–Kier alpha value is -3.72. The molecule has 37 heavy (non-hydrogen) atoms. The molecule has 4 heterocycles. The van der Waals surface area contributed by atoms with E-state index in [0.29, 0.717) is 49.4 Å². The number of halogens is 2. The van der Waals surface area contributed by atoms with Gasteiger partial charge in [0.05, 0.1) is 0 Å². The van der Waals surface area contributed by atoms with Gasteiger partial charge in [-0.1, -0.05) is 19.0 Å². The molecule has 0 bridgehead atoms. The highest BCUT2D eigenvalue weighted by molar-refractivity contribution is 7.89. The van der Waals surface area contributed by atoms with Crippen molar-refractivity contribution in [3.05, 3.63) is 35.9 Å². The first-order valence-corrected chi connectivity index (χ1v) is 13.0. The van der Waals surface area contributed by atoms with Crippen molar-refractivity contribution in [2.75, 3.05) is 18.0 Å². The molecule has 0 saturated carbocycles. The molecule has 5 rings (SSSR count). The molecule has 196 valence electrons. The van der Waals surface area contributed by atoms with Crippen LogP contribution in [0.2, 0.25) is 0 Å². The molecule has 15 heteroatoms. The summed E-state index contributed by atoms with van der Waals surface area (Å²) in [6.45, 7) is 5.25. The zero-order chi connectivity index (χ0) is 26.5. The van der Waals surface area contributed by atoms with Crippen LogP contribution in [0.5, 0.6) is 5.88 Å². The van der Waals surface area contributed by atoms with Gasteiger partial charge < -0.3 is 14.2 Å². The fraction of sp³-hybridized carbons (Fsp3) is 0.409. The number of rotatable bonds is 6. The Morgan fingerprint density at radius 1 is 1.16 bits per heavy atom. The number of nitrogens with zero attached hydrogens (tertiary/aromatic N) is 7. The number of aryl methyl sites for hydroxylation is 1. The second-order valence-electron chi connectivity index (χ2n) is 9.05. The van der Waals surface area contributed by atoms with E-state index in [9.17, 15) is 17.2 Å². The molecule has 1 saturated heterocycles. The van der Waals surface area contributed by atoms with Gasteiger partial charge in [0.2, 0.25) is 15.9 Å². The summed E-state index contributed by atoms with van der Waals surface area (Å²) in [6, 6.07) is 1.74. The van der Waals surface area contributed by atoms with Crippen molar-refractivity contribution >= 4 is 27.1 Å². The molecule has 0 unspecified atom stereocenters. The number of fused-ring (bicyclic) bond motifs is 1. The van der Waals surface area contributed by atoms with E-state index < -0.39 is 26.6 Å². The summed E-state index contributed by atoms with van der Waals surface area (Å²) >= 11 is 0. The summed E-state index contributed by atoms with van der Waals surface area (Å²) < 4.78 is 65.3. The molecule has 2 N–H and O–H groups in total. The molecule has 3 aromatic heterocycles. The molecule has 0 atom stereocenters. The molecular weight excluding hydrogens is 510 g/mol. The minimum atomic E-state index is -4.44. The number of ether oxygens (including phenoxy) is 1. The van der Waals surface area contributed by atoms with Crippen molar-refractivity contribution in [3.8, 4) is 17.1 Å². The van der Waals surface area contributed by atoms with E-state index in [-0.39, 0.29) is 34.7 Å². The fourth-order valence-corrected chi connectivity index (χ4v) is 4.78. The number of anilines is 1. The number of nitrogens with two attached hydrogens (primary N) is 1. The predicted octanol–water partition coefficient (Wildman–Crippen LogP) is 2.51. The average molecular weight is 535 g/mol. The molecule has 1 aliphatic heterocycles. The van der Waals surface area contributed by atoms with Gasteiger partial charge in [-0.15, -0.1) is 0 Å². The van der Waals surface area contributed by atoms with Crippen LogP contribution in [0.3, 0.4) is 0 Å². The van der Waals surface area contributed by atoms with Crippen molar-refractivity contribution in [3.63, 3.8) is 0 Å². The number of benzene rings is 1. The van der Waals surface area contributed by atoms with Gasteiger partial charge in [0.25, 0.3) is 0 Å². The Kier molecular flexibility index (Phi) is 6.27. The lowest BCUT2D eigenvalue weighted by Gasteiger charge is -2.30. The number of hydrogen-bond donors (Lipinski definition) is 1. The standard InChI is InChI=1S/C22H24F2N8O4S/c1-11(2)20-28-22(36-30-20)32-6-4-12(5-7-32)35-21-19-18(26-10-27-21)17(29-31(19)3)13-8-15(24)16(9-14(13)23)37(25,33)34/h8-12H,4-7H2,1-3H3,(H2,25,33,34). The molecule has 0 amide bonds. The van der Waals surface area contributed by atoms with Crippen LogP contribution in [0.4, 0.5) is 14.8 Å². The smallest absolute Gasteiger partial charge is 0.324 e. The maximum Gasteiger partial charge on any atom is 0.324 e. The van der Waals surface area contributed by atoms with Crippen molar-refractivity contribution in [2.24, 2.45) is 12.2 Å². The molecule has 0 spiro atoms. The van der Waals surface area contributed by atoms with E-state index in [1.165, 1.54) is 11.0 Å². The third-order valence-corrected chi connectivity index (χ3v) is 7.03. The quantitative estimate of drug-likeness (QED) is 0.390. The molecule has 1 aromatic carbocycles. The van der Waals surface area contributed by atoms with Crippen LogP contribution in [0.25, 0.3) is 22.3 Å². The number of sulfonamides is 1. The fourth-order valence-electron chi connectivity index (χ4n) is 4.18. The second kappa shape index (κ2) is 9.30. The van der Waals surface area contributed by atoms with Crippen LogP contribution >= 0.6 is 0 Å². The van der Waals surface area contributed by atoms with Crippen LogP contribution in [0.15, 0.2) is 27.9 Å². The summed E-state index contributed by atoms with van der Waals surface area (Å²) in [7, 11) is -2.85. The highest BCUT2D eigenvalue weighted by Gasteiger charge is 2.28. The maximum atomic E-state index is 14.8. The average Bonchev–Trinajstić information content (AvgIpc) is 3.46. The van der Waals surface area contributed by atoms with Gasteiger partial charge in [0.1, 0.15) is 45.7 Å². The Morgan fingerprint density at radius 2 is 1.89 bits per heavy atom. The summed E-state index contributed by atoms with van der Waals surface area (Å²) in [4.78, 5) is 13.9. The Bertz CT molecular complexity index is 1580. The molecule has 0 radical (unpaired) electrons. The third-order valence-electron chi connectivity index (χ3n) is 6.11. The highest BCUT2D eigenvalue weighted by Crippen LogP contribution is 2.34. The SMILES string of the molecule is CC(C)c1noc(N2CCC(Oc3ncnc4c(-c5cc(F)c(S(N)(=O)=O)cc5F)nn(C)c34)CC2)n1. The van der Waals surface area contributed by atoms with Crippen LogP contribution in [0, 0.1) is 11.6 Å². The largest absolute Gasteiger partial charge is 0.473 e. The second-order valence-corrected chi connectivity index (χ2v) is 10.6. The summed E-state index contributed by atoms with van der Waals surface area (Å²) in [5.74, 6) is -1.15. The van der Waals surface area contributed by atoms with Gasteiger partial charge in [-0.25, -0.2) is 27.3 Å². The molecule has 4 aromatic rings. The van der Waals surface area contributed by atoms with Crippen LogP contribution in [-0.2, 0) is 17.1 Å². The molecule has 0 aliphatic carbocycles. The van der Waals surface area contributed by atoms with E-state index in [0.717, 1.165) is 6.07 Å². The van der Waals surface area contributed by atoms with Crippen LogP contribution < -0.4 is 14.8 Å². The van der Waals surface area contributed by atoms with E-state index in [1.807, 2.05) is 18.7 Å². The van der Waals surface area contributed by atoms with Crippen LogP contribution in [-0.4, -0.2) is 57.5 Å². The van der Waals surface area contributed by atoms with E-state index in [2.05, 4.69) is 25.2 Å². The molecule has 1 fully saturated rings. The monoisotopic (exact) mass is 534 g/mol. The number of aromatic nitrogens is 6. The van der Waals surface area contributed by atoms with E-state index >= 15 is 0 Å². The van der Waals surface area contributed by atoms with Gasteiger partial charge in [0, 0.05) is 44.5 Å². The number of hydrogen-bond acceptors (Lipinski definition) is 10. The van der Waals surface area contributed by atoms with Gasteiger partial charge >= 0.3 is 6.01 Å². The van der Waals surface area contributed by atoms with Crippen molar-refractivity contribution in [2.45, 2.75) is 43.6 Å². The summed E-state index contributed by atoms with van der Waals surface area (Å²) in [5, 5.41) is 13.3. The third kappa shape index (κ3) is 4.71. The van der Waals surface area contributed by atoms with Crippen molar-refractivity contribution < 1.29 is 26.5 Å². The molecular formula is C22H24F2N8O4S. The first kappa shape index (κ1) is 25.0. The van der Waals surface area contributed by atoms with Gasteiger partial charge in [-0.05, 0) is 12.1 Å². The van der Waals surface area contributed by atoms with Crippen molar-refractivity contribution in [1.82, 2.24) is 29.9 Å². The van der Waals surface area contributed by atoms with E-state index in [4.69, 9.17) is 14.4 Å². The van der Waals surface area contributed by atoms with Gasteiger partial charge in [0.15, 0.2) is 5.82 Å². The van der Waals surface area contributed by atoms with Crippen LogP contribution in [0.1, 0.15) is 38.4 Å². The summed E-state index contributed by atoms with van der Waals surface area (Å²) in [6.07, 6.45) is 2.38. The normalized spacial score (nSPS) is 15.2. The first-order valence-electron chi connectivity index (χ1n) is 11.5. The molecule has 12 nitrogen and oxygen atoms in total. The predicted molar refractivity (Wildman–Crippen MR) is 127 cm³/mol. The minimum Gasteiger partial charge on any atom is -0.473 e. The Balaban J connectivity index is 1.39. The zero-order valence-corrected chi connectivity index (χ0v) is 21.0. The number of piperidine rings is 1. The van der Waals surface area contributed by atoms with Gasteiger partial charge in [-0.2, -0.15) is 15.1 Å². The Labute approximate surface area is 210 Å². The van der Waals surface area contributed by atoms with Gasteiger partial charge in [-0.3, -0.25) is 4.68 Å². The lowest BCUT2D eigenvalue weighted by atomic mass is 10.1. The minimum absolute atomic E-state index is 0.00860. The topological polar surface area (TPSA) is 155 Å². The summed E-state index contributed by atoms with van der Waals surface area (Å²) in [5.41, 5.74) is 0.343. The Morgan fingerprint density at radius 3 is 2.54 bits per heavy atom. The van der Waals surface area contributed by atoms with Crippen molar-refractivity contribution in [1.29, 1.82) is 0 Å². The lowest BCUT2D eigenvalue weighted by molar-refractivity contribution is 0.163. The first-order chi connectivity index (χ1) is 17.5. The zero-order valence-electron chi connectivity index (χ0n) is 20.2. The highest BCUT2D eigenvalue weighted by atomic mass is 32.2. The number of primary sulfonamides is 1. The lowest BCUT2D eigenvalue weighted by Crippen LogP contribution is -2.38.